The van der Waals surface area contributed by atoms with Gasteiger partial charge in [0.1, 0.15) is 5.56 Å². The maximum absolute atomic E-state index is 12.4. The molecular weight excluding hydrogens is 301 g/mol. The number of halogens is 2. The third-order valence-corrected chi connectivity index (χ3v) is 3.16. The van der Waals surface area contributed by atoms with Gasteiger partial charge in [-0.25, -0.2) is 0 Å². The third kappa shape index (κ3) is 2.98. The number of hydrogen-bond donors (Lipinski definition) is 0. The zero-order valence-electron chi connectivity index (χ0n) is 10.4. The second-order valence-corrected chi connectivity index (χ2v) is 5.14. The summed E-state index contributed by atoms with van der Waals surface area (Å²) in [6, 6.07) is 8.79. The van der Waals surface area contributed by atoms with Gasteiger partial charge in [-0.3, -0.25) is 14.9 Å². The standard InChI is InChI=1S/C14H9Cl2NO3/c1-8-2-3-12(13(4-8)17(19)20)14(18)9-5-10(15)7-11(16)6-9/h2-7H,1H3. The van der Waals surface area contributed by atoms with Gasteiger partial charge in [-0.1, -0.05) is 29.3 Å². The van der Waals surface area contributed by atoms with Crippen LogP contribution in [0.2, 0.25) is 10.0 Å². The molecule has 0 atom stereocenters. The summed E-state index contributed by atoms with van der Waals surface area (Å²) in [5, 5.41) is 11.6. The Hall–Kier alpha value is -1.91. The molecular formula is C14H9Cl2NO3. The normalized spacial score (nSPS) is 10.3. The molecule has 20 heavy (non-hydrogen) atoms. The minimum atomic E-state index is -0.577. The summed E-state index contributed by atoms with van der Waals surface area (Å²) < 4.78 is 0. The highest BCUT2D eigenvalue weighted by Gasteiger charge is 2.21. The summed E-state index contributed by atoms with van der Waals surface area (Å²) >= 11 is 11.7. The summed E-state index contributed by atoms with van der Waals surface area (Å²) in [5.74, 6) is -0.485. The molecule has 0 aliphatic carbocycles. The smallest absolute Gasteiger partial charge is 0.280 e. The molecule has 102 valence electrons. The fraction of sp³-hybridized carbons (Fsp3) is 0.0714. The first-order valence-corrected chi connectivity index (χ1v) is 6.40. The van der Waals surface area contributed by atoms with Gasteiger partial charge in [-0.15, -0.1) is 0 Å². The van der Waals surface area contributed by atoms with Crippen LogP contribution in [0.3, 0.4) is 0 Å². The molecule has 0 radical (unpaired) electrons. The van der Waals surface area contributed by atoms with E-state index in [0.29, 0.717) is 15.6 Å². The number of benzene rings is 2. The second-order valence-electron chi connectivity index (χ2n) is 4.26. The maximum Gasteiger partial charge on any atom is 0.280 e. The molecule has 2 aromatic rings. The van der Waals surface area contributed by atoms with Gasteiger partial charge >= 0.3 is 0 Å². The first-order valence-electron chi connectivity index (χ1n) is 5.64. The number of nitro benzene ring substituents is 1. The Morgan fingerprint density at radius 1 is 1.10 bits per heavy atom. The lowest BCUT2D eigenvalue weighted by molar-refractivity contribution is -0.385. The van der Waals surface area contributed by atoms with Crippen molar-refractivity contribution in [2.24, 2.45) is 0 Å². The largest absolute Gasteiger partial charge is 0.288 e. The van der Waals surface area contributed by atoms with Crippen LogP contribution in [0.15, 0.2) is 36.4 Å². The number of rotatable bonds is 3. The van der Waals surface area contributed by atoms with E-state index in [1.807, 2.05) is 0 Å². The molecule has 0 N–H and O–H groups in total. The molecule has 6 heteroatoms. The molecule has 0 aromatic heterocycles. The van der Waals surface area contributed by atoms with Crippen LogP contribution in [0.1, 0.15) is 21.5 Å². The van der Waals surface area contributed by atoms with Crippen LogP contribution in [0.4, 0.5) is 5.69 Å². The lowest BCUT2D eigenvalue weighted by atomic mass is 10.0. The van der Waals surface area contributed by atoms with E-state index in [1.165, 1.54) is 30.3 Å². The van der Waals surface area contributed by atoms with Crippen LogP contribution in [-0.4, -0.2) is 10.7 Å². The number of aryl methyl sites for hydroxylation is 1. The lowest BCUT2D eigenvalue weighted by Crippen LogP contribution is -2.06. The molecule has 0 heterocycles. The van der Waals surface area contributed by atoms with E-state index in [9.17, 15) is 14.9 Å². The van der Waals surface area contributed by atoms with E-state index in [4.69, 9.17) is 23.2 Å². The molecule has 0 unspecified atom stereocenters. The van der Waals surface area contributed by atoms with Gasteiger partial charge in [0.05, 0.1) is 4.92 Å². The summed E-state index contributed by atoms with van der Waals surface area (Å²) in [6.07, 6.45) is 0. The molecule has 0 saturated carbocycles. The summed E-state index contributed by atoms with van der Waals surface area (Å²) in [7, 11) is 0. The lowest BCUT2D eigenvalue weighted by Gasteiger charge is -2.05. The van der Waals surface area contributed by atoms with Crippen molar-refractivity contribution in [2.45, 2.75) is 6.92 Å². The molecule has 0 bridgehead atoms. The first-order chi connectivity index (χ1) is 9.38. The predicted octanol–water partition coefficient (Wildman–Crippen LogP) is 4.44. The van der Waals surface area contributed by atoms with Crippen molar-refractivity contribution in [2.75, 3.05) is 0 Å². The topological polar surface area (TPSA) is 60.2 Å². The van der Waals surface area contributed by atoms with Crippen molar-refractivity contribution < 1.29 is 9.72 Å². The monoisotopic (exact) mass is 309 g/mol. The molecule has 0 saturated heterocycles. The van der Waals surface area contributed by atoms with E-state index in [2.05, 4.69) is 0 Å². The van der Waals surface area contributed by atoms with Gasteiger partial charge in [-0.2, -0.15) is 0 Å². The molecule has 0 fully saturated rings. The molecule has 4 nitrogen and oxygen atoms in total. The second kappa shape index (κ2) is 5.61. The van der Waals surface area contributed by atoms with Gasteiger partial charge in [0.15, 0.2) is 5.78 Å². The zero-order valence-corrected chi connectivity index (χ0v) is 11.9. The van der Waals surface area contributed by atoms with E-state index < -0.39 is 10.7 Å². The van der Waals surface area contributed by atoms with Crippen LogP contribution >= 0.6 is 23.2 Å². The van der Waals surface area contributed by atoms with E-state index in [1.54, 1.807) is 13.0 Å². The number of carbonyl (C=O) groups excluding carboxylic acids is 1. The Kier molecular flexibility index (Phi) is 4.06. The highest BCUT2D eigenvalue weighted by molar-refractivity contribution is 6.35. The number of hydrogen-bond acceptors (Lipinski definition) is 3. The van der Waals surface area contributed by atoms with Gasteiger partial charge in [0.25, 0.3) is 5.69 Å². The number of nitro groups is 1. The zero-order chi connectivity index (χ0) is 14.9. The molecule has 0 spiro atoms. The van der Waals surface area contributed by atoms with Crippen molar-refractivity contribution in [1.82, 2.24) is 0 Å². The van der Waals surface area contributed by atoms with E-state index >= 15 is 0 Å². The minimum Gasteiger partial charge on any atom is -0.288 e. The Morgan fingerprint density at radius 2 is 1.70 bits per heavy atom. The molecule has 0 aliphatic heterocycles. The van der Waals surface area contributed by atoms with E-state index in [-0.39, 0.29) is 16.8 Å². The SMILES string of the molecule is Cc1ccc(C(=O)c2cc(Cl)cc(Cl)c2)c([N+](=O)[O-])c1. The maximum atomic E-state index is 12.4. The number of ketones is 1. The van der Waals surface area contributed by atoms with Crippen LogP contribution in [0, 0.1) is 17.0 Å². The fourth-order valence-corrected chi connectivity index (χ4v) is 2.35. The summed E-state index contributed by atoms with van der Waals surface area (Å²) in [5.41, 5.74) is 0.705. The average Bonchev–Trinajstić information content (AvgIpc) is 2.36. The third-order valence-electron chi connectivity index (χ3n) is 2.72. The van der Waals surface area contributed by atoms with Crippen LogP contribution in [0.25, 0.3) is 0 Å². The van der Waals surface area contributed by atoms with Gasteiger partial charge in [0, 0.05) is 21.7 Å². The van der Waals surface area contributed by atoms with E-state index in [0.717, 1.165) is 0 Å². The predicted molar refractivity (Wildman–Crippen MR) is 77.7 cm³/mol. The van der Waals surface area contributed by atoms with Crippen molar-refractivity contribution >= 4 is 34.7 Å². The Bertz CT molecular complexity index is 693. The van der Waals surface area contributed by atoms with Gasteiger partial charge in [0.2, 0.25) is 0 Å². The number of carbonyl (C=O) groups is 1. The fourth-order valence-electron chi connectivity index (χ4n) is 1.83. The molecule has 0 amide bonds. The average molecular weight is 310 g/mol. The Balaban J connectivity index is 2.56. The highest BCUT2D eigenvalue weighted by atomic mass is 35.5. The minimum absolute atomic E-state index is 0.0129. The molecule has 2 aromatic carbocycles. The van der Waals surface area contributed by atoms with Crippen molar-refractivity contribution in [3.8, 4) is 0 Å². The number of nitrogens with zero attached hydrogens (tertiary/aromatic N) is 1. The Labute approximate surface area is 125 Å². The van der Waals surface area contributed by atoms with Crippen LogP contribution in [-0.2, 0) is 0 Å². The van der Waals surface area contributed by atoms with Crippen LogP contribution in [0.5, 0.6) is 0 Å². The highest BCUT2D eigenvalue weighted by Crippen LogP contribution is 2.26. The van der Waals surface area contributed by atoms with Crippen molar-refractivity contribution in [3.05, 3.63) is 73.2 Å². The summed E-state index contributed by atoms with van der Waals surface area (Å²) in [6.45, 7) is 1.72. The Morgan fingerprint density at radius 3 is 2.25 bits per heavy atom. The molecule has 0 aliphatic rings. The first kappa shape index (κ1) is 14.5. The van der Waals surface area contributed by atoms with Crippen molar-refractivity contribution in [3.63, 3.8) is 0 Å². The van der Waals surface area contributed by atoms with Crippen molar-refractivity contribution in [1.29, 1.82) is 0 Å². The van der Waals surface area contributed by atoms with Gasteiger partial charge in [-0.05, 0) is 36.8 Å². The summed E-state index contributed by atoms with van der Waals surface area (Å²) in [4.78, 5) is 22.8. The quantitative estimate of drug-likeness (QED) is 0.478. The van der Waals surface area contributed by atoms with Gasteiger partial charge < -0.3 is 0 Å². The van der Waals surface area contributed by atoms with Crippen LogP contribution < -0.4 is 0 Å². The molecule has 2 rings (SSSR count).